The molecule has 1 aliphatic rings. The van der Waals surface area contributed by atoms with Crippen LogP contribution in [0.15, 0.2) is 24.3 Å². The first-order chi connectivity index (χ1) is 9.95. The van der Waals surface area contributed by atoms with Gasteiger partial charge in [-0.2, -0.15) is 0 Å². The summed E-state index contributed by atoms with van der Waals surface area (Å²) in [5.74, 6) is -1.01. The van der Waals surface area contributed by atoms with Gasteiger partial charge in [-0.15, -0.1) is 11.3 Å². The predicted molar refractivity (Wildman–Crippen MR) is 81.4 cm³/mol. The number of hydrogen-bond donors (Lipinski definition) is 2. The van der Waals surface area contributed by atoms with Crippen LogP contribution in [0.2, 0.25) is 4.34 Å². The van der Waals surface area contributed by atoms with Gasteiger partial charge in [0.05, 0.1) is 16.6 Å². The highest BCUT2D eigenvalue weighted by molar-refractivity contribution is 7.16. The van der Waals surface area contributed by atoms with Crippen LogP contribution in [0.25, 0.3) is 0 Å². The first-order valence-corrected chi connectivity index (χ1v) is 7.43. The minimum absolute atomic E-state index is 0.272. The van der Waals surface area contributed by atoms with Gasteiger partial charge in [0.1, 0.15) is 5.82 Å². The molecule has 7 heteroatoms. The van der Waals surface area contributed by atoms with Crippen LogP contribution in [0.4, 0.5) is 15.8 Å². The Labute approximate surface area is 129 Å². The molecule has 1 aromatic carbocycles. The zero-order chi connectivity index (χ0) is 15.1. The third-order valence-corrected chi connectivity index (χ3v) is 4.57. The van der Waals surface area contributed by atoms with Crippen molar-refractivity contribution in [2.45, 2.75) is 12.6 Å². The van der Waals surface area contributed by atoms with Crippen LogP contribution in [0, 0.1) is 5.82 Å². The summed E-state index contributed by atoms with van der Waals surface area (Å²) in [6.07, 6.45) is -1.30. The summed E-state index contributed by atoms with van der Waals surface area (Å²) in [4.78, 5) is 14.1. The Hall–Kier alpha value is -1.63. The molecule has 1 aliphatic heterocycles. The van der Waals surface area contributed by atoms with Crippen LogP contribution in [-0.2, 0) is 11.3 Å². The molecule has 0 spiro atoms. The van der Waals surface area contributed by atoms with Crippen molar-refractivity contribution in [1.82, 2.24) is 0 Å². The summed E-state index contributed by atoms with van der Waals surface area (Å²) in [5.41, 5.74) is 1.07. The SMILES string of the molecule is CN(Cc1ccc(Cl)s1)c1cc2c(cc1F)C(O)C(=O)N2. The number of nitrogens with one attached hydrogen (secondary N) is 1. The molecule has 110 valence electrons. The third-order valence-electron chi connectivity index (χ3n) is 3.35. The Morgan fingerprint density at radius 1 is 1.48 bits per heavy atom. The van der Waals surface area contributed by atoms with E-state index in [4.69, 9.17) is 11.6 Å². The van der Waals surface area contributed by atoms with Crippen molar-refractivity contribution < 1.29 is 14.3 Å². The van der Waals surface area contributed by atoms with E-state index in [0.717, 1.165) is 4.88 Å². The van der Waals surface area contributed by atoms with E-state index in [1.54, 1.807) is 18.0 Å². The highest BCUT2D eigenvalue weighted by Gasteiger charge is 2.30. The van der Waals surface area contributed by atoms with E-state index in [1.165, 1.54) is 23.5 Å². The molecule has 0 saturated carbocycles. The average Bonchev–Trinajstić information content (AvgIpc) is 2.95. The molecule has 2 aromatic rings. The summed E-state index contributed by atoms with van der Waals surface area (Å²) in [6, 6.07) is 6.42. The molecule has 2 heterocycles. The summed E-state index contributed by atoms with van der Waals surface area (Å²) >= 11 is 7.31. The molecule has 0 saturated heterocycles. The van der Waals surface area contributed by atoms with Crippen LogP contribution in [-0.4, -0.2) is 18.1 Å². The predicted octanol–water partition coefficient (Wildman–Crippen LogP) is 3.16. The Balaban J connectivity index is 1.89. The van der Waals surface area contributed by atoms with Crippen molar-refractivity contribution in [3.05, 3.63) is 44.9 Å². The van der Waals surface area contributed by atoms with E-state index < -0.39 is 17.8 Å². The van der Waals surface area contributed by atoms with Crippen molar-refractivity contribution in [1.29, 1.82) is 0 Å². The normalized spacial score (nSPS) is 16.8. The highest BCUT2D eigenvalue weighted by atomic mass is 35.5. The molecule has 2 N–H and O–H groups in total. The first kappa shape index (κ1) is 14.3. The van der Waals surface area contributed by atoms with E-state index in [9.17, 15) is 14.3 Å². The number of thiophene rings is 1. The molecule has 0 bridgehead atoms. The third kappa shape index (κ3) is 2.62. The van der Waals surface area contributed by atoms with Gasteiger partial charge in [-0.05, 0) is 24.3 Å². The second-order valence-electron chi connectivity index (χ2n) is 4.84. The minimum atomic E-state index is -1.30. The van der Waals surface area contributed by atoms with Gasteiger partial charge in [0.15, 0.2) is 6.10 Å². The van der Waals surface area contributed by atoms with Crippen molar-refractivity contribution in [3.8, 4) is 0 Å². The molecule has 0 radical (unpaired) electrons. The Kier molecular flexibility index (Phi) is 3.61. The number of carbonyl (C=O) groups is 1. The largest absolute Gasteiger partial charge is 0.378 e. The van der Waals surface area contributed by atoms with Crippen molar-refractivity contribution in [2.75, 3.05) is 17.3 Å². The Morgan fingerprint density at radius 2 is 2.24 bits per heavy atom. The lowest BCUT2D eigenvalue weighted by Gasteiger charge is -2.20. The van der Waals surface area contributed by atoms with Gasteiger partial charge in [-0.3, -0.25) is 4.79 Å². The number of rotatable bonds is 3. The van der Waals surface area contributed by atoms with Crippen LogP contribution in [0.1, 0.15) is 16.5 Å². The van der Waals surface area contributed by atoms with Gasteiger partial charge in [0.25, 0.3) is 5.91 Å². The molecule has 3 rings (SSSR count). The van der Waals surface area contributed by atoms with Crippen LogP contribution < -0.4 is 10.2 Å². The maximum atomic E-state index is 14.2. The van der Waals surface area contributed by atoms with Crippen molar-refractivity contribution >= 4 is 40.2 Å². The van der Waals surface area contributed by atoms with E-state index >= 15 is 0 Å². The average molecular weight is 327 g/mol. The summed E-state index contributed by atoms with van der Waals surface area (Å²) in [5, 5.41) is 12.2. The monoisotopic (exact) mass is 326 g/mol. The minimum Gasteiger partial charge on any atom is -0.378 e. The second-order valence-corrected chi connectivity index (χ2v) is 6.64. The zero-order valence-electron chi connectivity index (χ0n) is 11.1. The van der Waals surface area contributed by atoms with E-state index in [2.05, 4.69) is 5.32 Å². The van der Waals surface area contributed by atoms with Crippen LogP contribution >= 0.6 is 22.9 Å². The lowest BCUT2D eigenvalue weighted by Crippen LogP contribution is -2.17. The number of aliphatic hydroxyl groups is 1. The molecule has 1 atom stereocenters. The summed E-state index contributed by atoms with van der Waals surface area (Å²) < 4.78 is 14.9. The number of anilines is 2. The standard InChI is InChI=1S/C14H12ClFN2O2S/c1-18(6-7-2-3-12(15)21-7)11-5-10-8(4-9(11)16)13(19)14(20)17-10/h2-5,13,19H,6H2,1H3,(H,17,20). The fourth-order valence-corrected chi connectivity index (χ4v) is 3.44. The fraction of sp³-hybridized carbons (Fsp3) is 0.214. The molecule has 0 aliphatic carbocycles. The number of aliphatic hydroxyl groups excluding tert-OH is 1. The number of nitrogens with zero attached hydrogens (tertiary/aromatic N) is 1. The number of fused-ring (bicyclic) bond motifs is 1. The van der Waals surface area contributed by atoms with Gasteiger partial charge in [-0.25, -0.2) is 4.39 Å². The number of benzene rings is 1. The Morgan fingerprint density at radius 3 is 2.90 bits per heavy atom. The summed E-state index contributed by atoms with van der Waals surface area (Å²) in [7, 11) is 1.76. The van der Waals surface area contributed by atoms with Crippen molar-refractivity contribution in [3.63, 3.8) is 0 Å². The van der Waals surface area contributed by atoms with Crippen LogP contribution in [0.3, 0.4) is 0 Å². The van der Waals surface area contributed by atoms with Gasteiger partial charge >= 0.3 is 0 Å². The molecular formula is C14H12ClFN2O2S. The number of amides is 1. The zero-order valence-corrected chi connectivity index (χ0v) is 12.6. The lowest BCUT2D eigenvalue weighted by molar-refractivity contribution is -0.123. The maximum absolute atomic E-state index is 14.2. The quantitative estimate of drug-likeness (QED) is 0.911. The number of carbonyl (C=O) groups excluding carboxylic acids is 1. The topological polar surface area (TPSA) is 52.6 Å². The van der Waals surface area contributed by atoms with E-state index in [1.807, 2.05) is 6.07 Å². The highest BCUT2D eigenvalue weighted by Crippen LogP contribution is 2.36. The molecule has 0 fully saturated rings. The van der Waals surface area contributed by atoms with Gasteiger partial charge in [-0.1, -0.05) is 11.6 Å². The van der Waals surface area contributed by atoms with Crippen LogP contribution in [0.5, 0.6) is 0 Å². The maximum Gasteiger partial charge on any atom is 0.257 e. The Bertz CT molecular complexity index is 719. The molecule has 21 heavy (non-hydrogen) atoms. The van der Waals surface area contributed by atoms with E-state index in [0.29, 0.717) is 22.3 Å². The molecule has 1 amide bonds. The molecular weight excluding hydrogens is 315 g/mol. The second kappa shape index (κ2) is 5.29. The fourth-order valence-electron chi connectivity index (χ4n) is 2.30. The molecule has 1 unspecified atom stereocenters. The lowest BCUT2D eigenvalue weighted by atomic mass is 10.1. The van der Waals surface area contributed by atoms with Gasteiger partial charge in [0.2, 0.25) is 0 Å². The van der Waals surface area contributed by atoms with Gasteiger partial charge in [0, 0.05) is 23.2 Å². The van der Waals surface area contributed by atoms with E-state index in [-0.39, 0.29) is 5.56 Å². The smallest absolute Gasteiger partial charge is 0.257 e. The number of halogens is 2. The van der Waals surface area contributed by atoms with Gasteiger partial charge < -0.3 is 15.3 Å². The molecule has 1 aromatic heterocycles. The first-order valence-electron chi connectivity index (χ1n) is 6.23. The summed E-state index contributed by atoms with van der Waals surface area (Å²) in [6.45, 7) is 0.504. The molecule has 4 nitrogen and oxygen atoms in total. The van der Waals surface area contributed by atoms with Crippen molar-refractivity contribution in [2.24, 2.45) is 0 Å². The number of hydrogen-bond acceptors (Lipinski definition) is 4.